The molecule has 1 saturated heterocycles. The predicted octanol–water partition coefficient (Wildman–Crippen LogP) is 2.17. The molecule has 1 aromatic rings. The van der Waals surface area contributed by atoms with Gasteiger partial charge in [0, 0.05) is 12.6 Å². The second kappa shape index (κ2) is 8.40. The van der Waals surface area contributed by atoms with Crippen LogP contribution in [0.25, 0.3) is 0 Å². The van der Waals surface area contributed by atoms with E-state index >= 15 is 0 Å². The van der Waals surface area contributed by atoms with E-state index in [1.165, 1.54) is 0 Å². The number of hydrogen-bond donors (Lipinski definition) is 2. The van der Waals surface area contributed by atoms with Gasteiger partial charge in [-0.1, -0.05) is 49.6 Å². The average Bonchev–Trinajstić information content (AvgIpc) is 2.67. The molecule has 1 saturated carbocycles. The Hall–Kier alpha value is -1.92. The van der Waals surface area contributed by atoms with Crippen molar-refractivity contribution in [3.8, 4) is 0 Å². The number of benzene rings is 1. The van der Waals surface area contributed by atoms with Gasteiger partial charge in [-0.2, -0.15) is 0 Å². The summed E-state index contributed by atoms with van der Waals surface area (Å²) in [5.41, 5.74) is 0.0361. The minimum absolute atomic E-state index is 0.0514. The van der Waals surface area contributed by atoms with E-state index < -0.39 is 17.7 Å². The third-order valence-corrected chi connectivity index (χ3v) is 5.59. The van der Waals surface area contributed by atoms with Crippen LogP contribution in [-0.2, 0) is 14.3 Å². The molecule has 1 aliphatic carbocycles. The first-order chi connectivity index (χ1) is 12.9. The summed E-state index contributed by atoms with van der Waals surface area (Å²) >= 11 is 0. The number of hydrogen-bond acceptors (Lipinski definition) is 4. The van der Waals surface area contributed by atoms with Crippen LogP contribution < -0.4 is 5.32 Å². The van der Waals surface area contributed by atoms with Crippen molar-refractivity contribution in [1.29, 1.82) is 0 Å². The summed E-state index contributed by atoms with van der Waals surface area (Å²) in [5.74, 6) is -0.394. The lowest BCUT2D eigenvalue weighted by Gasteiger charge is -2.43. The average molecular weight is 374 g/mol. The van der Waals surface area contributed by atoms with Crippen molar-refractivity contribution in [1.82, 2.24) is 10.2 Å². The SMILES string of the molecule is CC(C)N1C(=O)CO[C@H](C(=O)NCC2(O)CCCCC2)[C@H]1c1ccccc1. The number of carbonyl (C=O) groups excluding carboxylic acids is 2. The predicted molar refractivity (Wildman–Crippen MR) is 102 cm³/mol. The molecule has 148 valence electrons. The van der Waals surface area contributed by atoms with Crippen LogP contribution in [0.3, 0.4) is 0 Å². The van der Waals surface area contributed by atoms with E-state index in [2.05, 4.69) is 5.32 Å². The molecule has 2 fully saturated rings. The van der Waals surface area contributed by atoms with Gasteiger partial charge in [0.2, 0.25) is 5.91 Å². The van der Waals surface area contributed by atoms with Crippen LogP contribution >= 0.6 is 0 Å². The highest BCUT2D eigenvalue weighted by Crippen LogP contribution is 2.32. The molecular weight excluding hydrogens is 344 g/mol. The summed E-state index contributed by atoms with van der Waals surface area (Å²) in [6, 6.07) is 8.99. The van der Waals surface area contributed by atoms with Crippen molar-refractivity contribution in [2.45, 2.75) is 69.7 Å². The summed E-state index contributed by atoms with van der Waals surface area (Å²) in [6.45, 7) is 4.00. The smallest absolute Gasteiger partial charge is 0.251 e. The topological polar surface area (TPSA) is 78.9 Å². The van der Waals surface area contributed by atoms with Gasteiger partial charge in [-0.3, -0.25) is 9.59 Å². The number of carbonyl (C=O) groups is 2. The van der Waals surface area contributed by atoms with Crippen LogP contribution in [0.2, 0.25) is 0 Å². The molecule has 1 heterocycles. The second-order valence-corrected chi connectivity index (χ2v) is 7.98. The molecule has 1 aliphatic heterocycles. The van der Waals surface area contributed by atoms with Gasteiger partial charge >= 0.3 is 0 Å². The Morgan fingerprint density at radius 3 is 2.56 bits per heavy atom. The van der Waals surface area contributed by atoms with E-state index in [1.807, 2.05) is 44.2 Å². The molecule has 2 atom stereocenters. The summed E-state index contributed by atoms with van der Waals surface area (Å²) in [5, 5.41) is 13.5. The van der Waals surface area contributed by atoms with E-state index in [1.54, 1.807) is 4.90 Å². The first-order valence-electron chi connectivity index (χ1n) is 9.89. The zero-order valence-electron chi connectivity index (χ0n) is 16.2. The highest BCUT2D eigenvalue weighted by molar-refractivity contribution is 5.86. The molecular formula is C21H30N2O4. The van der Waals surface area contributed by atoms with Crippen molar-refractivity contribution in [2.75, 3.05) is 13.2 Å². The Balaban J connectivity index is 1.78. The van der Waals surface area contributed by atoms with Crippen molar-refractivity contribution < 1.29 is 19.4 Å². The number of aliphatic hydroxyl groups is 1. The third kappa shape index (κ3) is 4.50. The lowest BCUT2D eigenvalue weighted by molar-refractivity contribution is -0.167. The molecule has 6 nitrogen and oxygen atoms in total. The van der Waals surface area contributed by atoms with Crippen LogP contribution in [0.4, 0.5) is 0 Å². The lowest BCUT2D eigenvalue weighted by Crippen LogP contribution is -2.57. The van der Waals surface area contributed by atoms with E-state index in [4.69, 9.17) is 4.74 Å². The highest BCUT2D eigenvalue weighted by Gasteiger charge is 2.43. The quantitative estimate of drug-likeness (QED) is 0.828. The largest absolute Gasteiger partial charge is 0.388 e. The lowest BCUT2D eigenvalue weighted by atomic mass is 9.85. The summed E-state index contributed by atoms with van der Waals surface area (Å²) in [7, 11) is 0. The Bertz CT molecular complexity index is 655. The first kappa shape index (κ1) is 19.8. The number of ether oxygens (including phenoxy) is 1. The maximum absolute atomic E-state index is 13.0. The zero-order valence-corrected chi connectivity index (χ0v) is 16.2. The number of nitrogens with one attached hydrogen (secondary N) is 1. The minimum atomic E-state index is -0.835. The summed E-state index contributed by atoms with van der Waals surface area (Å²) < 4.78 is 5.69. The maximum atomic E-state index is 13.0. The monoisotopic (exact) mass is 374 g/mol. The van der Waals surface area contributed by atoms with Gasteiger partial charge in [-0.05, 0) is 32.3 Å². The van der Waals surface area contributed by atoms with Crippen molar-refractivity contribution in [3.63, 3.8) is 0 Å². The third-order valence-electron chi connectivity index (χ3n) is 5.59. The molecule has 2 N–H and O–H groups in total. The molecule has 0 bridgehead atoms. The number of amides is 2. The van der Waals surface area contributed by atoms with E-state index in [0.717, 1.165) is 24.8 Å². The van der Waals surface area contributed by atoms with Crippen LogP contribution in [0.5, 0.6) is 0 Å². The van der Waals surface area contributed by atoms with Crippen molar-refractivity contribution >= 4 is 11.8 Å². The van der Waals surface area contributed by atoms with Crippen molar-refractivity contribution in [3.05, 3.63) is 35.9 Å². The number of nitrogens with zero attached hydrogens (tertiary/aromatic N) is 1. The zero-order chi connectivity index (χ0) is 19.4. The van der Waals surface area contributed by atoms with Gasteiger partial charge in [0.25, 0.3) is 5.91 Å². The first-order valence-corrected chi connectivity index (χ1v) is 9.89. The van der Waals surface area contributed by atoms with E-state index in [9.17, 15) is 14.7 Å². The number of rotatable bonds is 5. The van der Waals surface area contributed by atoms with Crippen molar-refractivity contribution in [2.24, 2.45) is 0 Å². The fraction of sp³-hybridized carbons (Fsp3) is 0.619. The normalized spacial score (nSPS) is 25.5. The molecule has 0 radical (unpaired) electrons. The molecule has 0 aromatic heterocycles. The fourth-order valence-corrected chi connectivity index (χ4v) is 4.18. The van der Waals surface area contributed by atoms with Crippen LogP contribution in [0, 0.1) is 0 Å². The molecule has 0 spiro atoms. The molecule has 3 rings (SSSR count). The van der Waals surface area contributed by atoms with E-state index in [-0.39, 0.29) is 31.0 Å². The van der Waals surface area contributed by atoms with Crippen LogP contribution in [0.1, 0.15) is 57.6 Å². The van der Waals surface area contributed by atoms with E-state index in [0.29, 0.717) is 12.8 Å². The Morgan fingerprint density at radius 1 is 1.26 bits per heavy atom. The molecule has 27 heavy (non-hydrogen) atoms. The molecule has 2 amide bonds. The second-order valence-electron chi connectivity index (χ2n) is 7.98. The molecule has 1 aromatic carbocycles. The summed E-state index contributed by atoms with van der Waals surface area (Å²) in [6.07, 6.45) is 3.71. The van der Waals surface area contributed by atoms with Gasteiger partial charge in [-0.15, -0.1) is 0 Å². The maximum Gasteiger partial charge on any atom is 0.251 e. The van der Waals surface area contributed by atoms with Gasteiger partial charge in [0.05, 0.1) is 11.6 Å². The fourth-order valence-electron chi connectivity index (χ4n) is 4.18. The highest BCUT2D eigenvalue weighted by atomic mass is 16.5. The van der Waals surface area contributed by atoms with Gasteiger partial charge in [0.15, 0.2) is 6.10 Å². The van der Waals surface area contributed by atoms with Crippen LogP contribution in [0.15, 0.2) is 30.3 Å². The Morgan fingerprint density at radius 2 is 1.93 bits per heavy atom. The summed E-state index contributed by atoms with van der Waals surface area (Å²) in [4.78, 5) is 27.2. The van der Waals surface area contributed by atoms with Gasteiger partial charge in [0.1, 0.15) is 6.61 Å². The Labute approximate surface area is 160 Å². The Kier molecular flexibility index (Phi) is 6.17. The number of morpholine rings is 1. The molecule has 0 unspecified atom stereocenters. The minimum Gasteiger partial charge on any atom is -0.388 e. The van der Waals surface area contributed by atoms with Gasteiger partial charge < -0.3 is 20.1 Å². The van der Waals surface area contributed by atoms with Gasteiger partial charge in [-0.25, -0.2) is 0 Å². The standard InChI is InChI=1S/C21H30N2O4/c1-15(2)23-17(24)13-27-19(18(23)16-9-5-3-6-10-16)20(25)22-14-21(26)11-7-4-8-12-21/h3,5-6,9-10,15,18-19,26H,4,7-8,11-14H2,1-2H3,(H,22,25)/t18-,19+/m1/s1. The van der Waals surface area contributed by atoms with Crippen LogP contribution in [-0.4, -0.2) is 52.7 Å². The molecule has 2 aliphatic rings. The molecule has 6 heteroatoms.